The summed E-state index contributed by atoms with van der Waals surface area (Å²) in [6.07, 6.45) is -0.440. The van der Waals surface area contributed by atoms with Crippen molar-refractivity contribution in [3.05, 3.63) is 29.8 Å². The number of aliphatic hydroxyl groups excluding tert-OH is 1. The van der Waals surface area contributed by atoms with Crippen molar-refractivity contribution in [1.82, 2.24) is 15.5 Å². The summed E-state index contributed by atoms with van der Waals surface area (Å²) in [4.78, 5) is 40.5. The molecule has 9 nitrogen and oxygen atoms in total. The highest BCUT2D eigenvalue weighted by atomic mass is 16.6. The van der Waals surface area contributed by atoms with Gasteiger partial charge in [-0.15, -0.1) is 0 Å². The van der Waals surface area contributed by atoms with Gasteiger partial charge in [-0.05, 0) is 64.7 Å². The lowest BCUT2D eigenvalue weighted by molar-refractivity contribution is -0.143. The van der Waals surface area contributed by atoms with Crippen LogP contribution in [-0.2, 0) is 14.3 Å². The summed E-state index contributed by atoms with van der Waals surface area (Å²) in [6.45, 7) is 12.0. The van der Waals surface area contributed by atoms with Gasteiger partial charge in [0.05, 0.1) is 6.61 Å². The Kier molecular flexibility index (Phi) is 10.6. The van der Waals surface area contributed by atoms with E-state index in [0.29, 0.717) is 12.0 Å². The number of ether oxygens (including phenoxy) is 1. The average molecular weight is 466 g/mol. The molecule has 1 aromatic rings. The summed E-state index contributed by atoms with van der Waals surface area (Å²) < 4.78 is 5.32. The summed E-state index contributed by atoms with van der Waals surface area (Å²) in [5.41, 5.74) is -0.364. The van der Waals surface area contributed by atoms with Crippen molar-refractivity contribution in [1.29, 1.82) is 0 Å². The monoisotopic (exact) mass is 465 g/mol. The Hall–Kier alpha value is -2.81. The highest BCUT2D eigenvalue weighted by molar-refractivity contribution is 5.92. The Bertz CT molecular complexity index is 804. The molecular weight excluding hydrogens is 426 g/mol. The van der Waals surface area contributed by atoms with Crippen molar-refractivity contribution in [3.8, 4) is 5.75 Å². The number of nitrogens with one attached hydrogen (secondary N) is 2. The molecule has 1 aromatic carbocycles. The van der Waals surface area contributed by atoms with Crippen LogP contribution in [0.4, 0.5) is 4.79 Å². The van der Waals surface area contributed by atoms with E-state index in [-0.39, 0.29) is 24.3 Å². The van der Waals surface area contributed by atoms with Crippen molar-refractivity contribution in [2.75, 3.05) is 13.2 Å². The number of aliphatic hydroxyl groups is 1. The maximum atomic E-state index is 13.7. The molecule has 33 heavy (non-hydrogen) atoms. The minimum atomic E-state index is -1.12. The highest BCUT2D eigenvalue weighted by Gasteiger charge is 2.36. The van der Waals surface area contributed by atoms with Gasteiger partial charge in [-0.1, -0.05) is 26.0 Å². The van der Waals surface area contributed by atoms with Crippen molar-refractivity contribution in [2.45, 2.75) is 78.6 Å². The standard InChI is InChI=1S/C24H39N3O6/c1-15(2)13-19(26-23(32)33-24(5,6)7)22(31)27(11-12-28)20(21(30)25-16(3)4)17-9-8-10-18(29)14-17/h8-10,14-16,19-20,28-29H,11-13H2,1-7H3,(H,25,30)(H,26,32). The van der Waals surface area contributed by atoms with Crippen molar-refractivity contribution >= 4 is 17.9 Å². The Labute approximate surface area is 196 Å². The van der Waals surface area contributed by atoms with E-state index in [2.05, 4.69) is 10.6 Å². The SMILES string of the molecule is CC(C)CC(NC(=O)OC(C)(C)C)C(=O)N(CCO)C(C(=O)NC(C)C)c1cccc(O)c1. The van der Waals surface area contributed by atoms with Crippen LogP contribution in [-0.4, -0.2) is 63.9 Å². The van der Waals surface area contributed by atoms with Gasteiger partial charge in [0.15, 0.2) is 0 Å². The maximum absolute atomic E-state index is 13.7. The lowest BCUT2D eigenvalue weighted by Crippen LogP contribution is -2.54. The van der Waals surface area contributed by atoms with Crippen LogP contribution < -0.4 is 10.6 Å². The minimum absolute atomic E-state index is 0.0496. The number of carbonyl (C=O) groups excluding carboxylic acids is 3. The summed E-state index contributed by atoms with van der Waals surface area (Å²) in [5, 5.41) is 25.1. The summed E-state index contributed by atoms with van der Waals surface area (Å²) in [5.74, 6) is -1.00. The van der Waals surface area contributed by atoms with Gasteiger partial charge in [0.1, 0.15) is 23.4 Å². The fourth-order valence-corrected chi connectivity index (χ4v) is 3.35. The van der Waals surface area contributed by atoms with Crippen LogP contribution in [0.3, 0.4) is 0 Å². The van der Waals surface area contributed by atoms with E-state index in [1.165, 1.54) is 17.0 Å². The fraction of sp³-hybridized carbons (Fsp3) is 0.625. The van der Waals surface area contributed by atoms with Crippen LogP contribution in [0.25, 0.3) is 0 Å². The molecule has 0 saturated carbocycles. The molecule has 186 valence electrons. The number of phenols is 1. The van der Waals surface area contributed by atoms with Gasteiger partial charge in [0.2, 0.25) is 11.8 Å². The molecule has 2 unspecified atom stereocenters. The van der Waals surface area contributed by atoms with E-state index < -0.39 is 42.2 Å². The van der Waals surface area contributed by atoms with E-state index >= 15 is 0 Å². The van der Waals surface area contributed by atoms with Gasteiger partial charge in [0.25, 0.3) is 0 Å². The number of hydrogen-bond acceptors (Lipinski definition) is 6. The zero-order valence-electron chi connectivity index (χ0n) is 20.7. The number of aromatic hydroxyl groups is 1. The molecule has 0 aliphatic carbocycles. The molecule has 3 amide bonds. The third-order valence-electron chi connectivity index (χ3n) is 4.50. The molecule has 0 bridgehead atoms. The lowest BCUT2D eigenvalue weighted by atomic mass is 9.99. The predicted octanol–water partition coefficient (Wildman–Crippen LogP) is 2.72. The smallest absolute Gasteiger partial charge is 0.408 e. The molecule has 0 heterocycles. The highest BCUT2D eigenvalue weighted by Crippen LogP contribution is 2.26. The molecule has 2 atom stereocenters. The first-order chi connectivity index (χ1) is 15.2. The molecule has 0 spiro atoms. The quantitative estimate of drug-likeness (QED) is 0.421. The first-order valence-electron chi connectivity index (χ1n) is 11.2. The second-order valence-corrected chi connectivity index (χ2v) is 9.74. The fourth-order valence-electron chi connectivity index (χ4n) is 3.35. The number of hydrogen-bond donors (Lipinski definition) is 4. The number of benzene rings is 1. The van der Waals surface area contributed by atoms with Crippen LogP contribution in [0.15, 0.2) is 24.3 Å². The summed E-state index contributed by atoms with van der Waals surface area (Å²) in [7, 11) is 0. The largest absolute Gasteiger partial charge is 0.508 e. The number of amides is 3. The molecule has 0 aliphatic rings. The van der Waals surface area contributed by atoms with Crippen LogP contribution in [0.1, 0.15) is 66.5 Å². The van der Waals surface area contributed by atoms with E-state index in [4.69, 9.17) is 4.74 Å². The third-order valence-corrected chi connectivity index (χ3v) is 4.50. The van der Waals surface area contributed by atoms with E-state index in [0.717, 1.165) is 0 Å². The molecule has 0 saturated heterocycles. The van der Waals surface area contributed by atoms with Crippen LogP contribution in [0.2, 0.25) is 0 Å². The predicted molar refractivity (Wildman–Crippen MR) is 126 cm³/mol. The van der Waals surface area contributed by atoms with Gasteiger partial charge in [0, 0.05) is 12.6 Å². The van der Waals surface area contributed by atoms with Gasteiger partial charge in [-0.25, -0.2) is 4.79 Å². The minimum Gasteiger partial charge on any atom is -0.508 e. The van der Waals surface area contributed by atoms with E-state index in [1.54, 1.807) is 46.8 Å². The number of phenolic OH excluding ortho intramolecular Hbond substituents is 1. The molecule has 1 rings (SSSR count). The second kappa shape index (κ2) is 12.4. The lowest BCUT2D eigenvalue weighted by Gasteiger charge is -2.35. The molecule has 0 radical (unpaired) electrons. The molecule has 9 heteroatoms. The third kappa shape index (κ3) is 9.69. The first kappa shape index (κ1) is 28.2. The van der Waals surface area contributed by atoms with Crippen molar-refractivity contribution in [2.24, 2.45) is 5.92 Å². The van der Waals surface area contributed by atoms with Gasteiger partial charge >= 0.3 is 6.09 Å². The average Bonchev–Trinajstić information content (AvgIpc) is 2.64. The van der Waals surface area contributed by atoms with Gasteiger partial charge in [-0.3, -0.25) is 9.59 Å². The van der Waals surface area contributed by atoms with Crippen LogP contribution in [0.5, 0.6) is 5.75 Å². The zero-order chi connectivity index (χ0) is 25.3. The molecule has 0 aliphatic heterocycles. The summed E-state index contributed by atoms with van der Waals surface area (Å²) in [6, 6.07) is 3.78. The van der Waals surface area contributed by atoms with E-state index in [9.17, 15) is 24.6 Å². The van der Waals surface area contributed by atoms with Crippen LogP contribution >= 0.6 is 0 Å². The topological polar surface area (TPSA) is 128 Å². The number of nitrogens with zero attached hydrogens (tertiary/aromatic N) is 1. The second-order valence-electron chi connectivity index (χ2n) is 9.74. The normalized spacial score (nSPS) is 13.4. The Morgan fingerprint density at radius 1 is 1.09 bits per heavy atom. The van der Waals surface area contributed by atoms with E-state index in [1.807, 2.05) is 13.8 Å². The Morgan fingerprint density at radius 3 is 2.21 bits per heavy atom. The number of alkyl carbamates (subject to hydrolysis) is 1. The van der Waals surface area contributed by atoms with Crippen molar-refractivity contribution < 1.29 is 29.3 Å². The molecular formula is C24H39N3O6. The molecule has 4 N–H and O–H groups in total. The first-order valence-corrected chi connectivity index (χ1v) is 11.2. The molecule has 0 aromatic heterocycles. The molecule has 0 fully saturated rings. The van der Waals surface area contributed by atoms with Crippen molar-refractivity contribution in [3.63, 3.8) is 0 Å². The summed E-state index contributed by atoms with van der Waals surface area (Å²) >= 11 is 0. The van der Waals surface area contributed by atoms with Gasteiger partial charge < -0.3 is 30.5 Å². The Balaban J connectivity index is 3.40. The zero-order valence-corrected chi connectivity index (χ0v) is 20.7. The maximum Gasteiger partial charge on any atom is 0.408 e. The van der Waals surface area contributed by atoms with Crippen LogP contribution in [0, 0.1) is 5.92 Å². The number of carbonyl (C=O) groups is 3. The Morgan fingerprint density at radius 2 is 1.73 bits per heavy atom. The van der Waals surface area contributed by atoms with Gasteiger partial charge in [-0.2, -0.15) is 0 Å². The number of rotatable bonds is 10.